The van der Waals surface area contributed by atoms with Crippen molar-refractivity contribution in [3.8, 4) is 11.5 Å². The summed E-state index contributed by atoms with van der Waals surface area (Å²) in [5.74, 6) is -5.93. The Morgan fingerprint density at radius 3 is 2.28 bits per heavy atom. The lowest BCUT2D eigenvalue weighted by molar-refractivity contribution is -0.141. The first-order chi connectivity index (χ1) is 8.41. The molecule has 1 saturated heterocycles. The monoisotopic (exact) mass is 259 g/mol. The van der Waals surface area contributed by atoms with Crippen LogP contribution in [-0.2, 0) is 4.79 Å². The maximum Gasteiger partial charge on any atom is 0.307 e. The lowest BCUT2D eigenvalue weighted by Crippen LogP contribution is -2.18. The molecule has 0 aliphatic carbocycles. The topological polar surface area (TPSA) is 89.8 Å². The standard InChI is InChI=1S/C11H11F2NO4/c12-9-6(15)2-7(16)10(13)8(9)5-1-4(3-14-5)11(17)18/h2,4-5,14-16H,1,3H2,(H,17,18). The van der Waals surface area contributed by atoms with Gasteiger partial charge in [0, 0.05) is 24.2 Å². The second-order valence-electron chi connectivity index (χ2n) is 4.19. The van der Waals surface area contributed by atoms with Crippen molar-refractivity contribution in [3.63, 3.8) is 0 Å². The third-order valence-electron chi connectivity index (χ3n) is 3.02. The first kappa shape index (κ1) is 12.6. The van der Waals surface area contributed by atoms with Gasteiger partial charge in [0.1, 0.15) is 0 Å². The van der Waals surface area contributed by atoms with Gasteiger partial charge in [-0.15, -0.1) is 0 Å². The predicted molar refractivity (Wildman–Crippen MR) is 56.2 cm³/mol. The Hall–Kier alpha value is -1.89. The summed E-state index contributed by atoms with van der Waals surface area (Å²) in [5.41, 5.74) is -0.531. The molecule has 0 radical (unpaired) electrons. The van der Waals surface area contributed by atoms with Crippen molar-refractivity contribution >= 4 is 5.97 Å². The zero-order chi connectivity index (χ0) is 13.4. The second-order valence-corrected chi connectivity index (χ2v) is 4.19. The van der Waals surface area contributed by atoms with Crippen LogP contribution in [0.3, 0.4) is 0 Å². The number of phenols is 2. The van der Waals surface area contributed by atoms with Crippen molar-refractivity contribution in [1.82, 2.24) is 5.32 Å². The number of nitrogens with one attached hydrogen (secondary N) is 1. The van der Waals surface area contributed by atoms with Gasteiger partial charge in [-0.3, -0.25) is 4.79 Å². The molecule has 1 aliphatic rings. The zero-order valence-corrected chi connectivity index (χ0v) is 9.15. The third-order valence-corrected chi connectivity index (χ3v) is 3.02. The van der Waals surface area contributed by atoms with Gasteiger partial charge in [0.2, 0.25) is 0 Å². The fourth-order valence-electron chi connectivity index (χ4n) is 2.08. The SMILES string of the molecule is O=C(O)C1CNC(c2c(F)c(O)cc(O)c2F)C1. The highest BCUT2D eigenvalue weighted by Gasteiger charge is 2.34. The van der Waals surface area contributed by atoms with Gasteiger partial charge in [-0.05, 0) is 6.42 Å². The summed E-state index contributed by atoms with van der Waals surface area (Å²) in [5, 5.41) is 29.8. The van der Waals surface area contributed by atoms with Crippen LogP contribution in [0.15, 0.2) is 6.07 Å². The molecule has 1 heterocycles. The minimum atomic E-state index is -1.19. The second kappa shape index (κ2) is 4.41. The Labute approximate surface area is 101 Å². The van der Waals surface area contributed by atoms with E-state index >= 15 is 0 Å². The molecule has 0 amide bonds. The highest BCUT2D eigenvalue weighted by molar-refractivity contribution is 5.70. The Morgan fingerprint density at radius 1 is 1.28 bits per heavy atom. The van der Waals surface area contributed by atoms with E-state index in [0.29, 0.717) is 6.07 Å². The molecule has 7 heteroatoms. The Kier molecular flexibility index (Phi) is 3.08. The van der Waals surface area contributed by atoms with Crippen LogP contribution in [-0.4, -0.2) is 27.8 Å². The van der Waals surface area contributed by atoms with E-state index in [1.54, 1.807) is 0 Å². The molecule has 0 saturated carbocycles. The summed E-state index contributed by atoms with van der Waals surface area (Å²) < 4.78 is 27.3. The average molecular weight is 259 g/mol. The van der Waals surface area contributed by atoms with E-state index in [1.807, 2.05) is 0 Å². The van der Waals surface area contributed by atoms with Crippen LogP contribution in [0.2, 0.25) is 0 Å². The molecule has 1 fully saturated rings. The molecule has 18 heavy (non-hydrogen) atoms. The molecule has 98 valence electrons. The van der Waals surface area contributed by atoms with Crippen LogP contribution in [0.25, 0.3) is 0 Å². The van der Waals surface area contributed by atoms with Crippen LogP contribution in [0, 0.1) is 17.6 Å². The number of carboxylic acids is 1. The number of benzene rings is 1. The van der Waals surface area contributed by atoms with Crippen LogP contribution in [0.4, 0.5) is 8.78 Å². The number of rotatable bonds is 2. The Bertz CT molecular complexity index is 480. The molecule has 1 aliphatic heterocycles. The maximum atomic E-state index is 13.6. The number of phenolic OH excluding ortho intramolecular Hbond substituents is 2. The third kappa shape index (κ3) is 1.97. The first-order valence-corrected chi connectivity index (χ1v) is 5.27. The molecule has 5 nitrogen and oxygen atoms in total. The number of carboxylic acid groups (broad SMARTS) is 1. The molecule has 0 bridgehead atoms. The Balaban J connectivity index is 2.38. The number of hydrogen-bond donors (Lipinski definition) is 4. The van der Waals surface area contributed by atoms with Crippen molar-refractivity contribution in [3.05, 3.63) is 23.3 Å². The summed E-state index contributed by atoms with van der Waals surface area (Å²) in [7, 11) is 0. The van der Waals surface area contributed by atoms with Gasteiger partial charge in [0.05, 0.1) is 5.92 Å². The molecule has 4 N–H and O–H groups in total. The summed E-state index contributed by atoms with van der Waals surface area (Å²) in [6, 6.07) is -0.318. The van der Waals surface area contributed by atoms with Crippen LogP contribution in [0.5, 0.6) is 11.5 Å². The van der Waals surface area contributed by atoms with Gasteiger partial charge in [-0.25, -0.2) is 8.78 Å². The van der Waals surface area contributed by atoms with E-state index in [1.165, 1.54) is 0 Å². The van der Waals surface area contributed by atoms with E-state index in [4.69, 9.17) is 5.11 Å². The lowest BCUT2D eigenvalue weighted by Gasteiger charge is -2.14. The van der Waals surface area contributed by atoms with Crippen molar-refractivity contribution in [1.29, 1.82) is 0 Å². The number of hydrogen-bond acceptors (Lipinski definition) is 4. The highest BCUT2D eigenvalue weighted by Crippen LogP contribution is 2.37. The molecule has 2 unspecified atom stereocenters. The number of halogens is 2. The summed E-state index contributed by atoms with van der Waals surface area (Å²) in [4.78, 5) is 10.8. The van der Waals surface area contributed by atoms with Crippen LogP contribution >= 0.6 is 0 Å². The van der Waals surface area contributed by atoms with Crippen molar-refractivity contribution in [2.75, 3.05) is 6.54 Å². The normalized spacial score (nSPS) is 23.2. The Morgan fingerprint density at radius 2 is 1.83 bits per heavy atom. The number of carbonyl (C=O) groups is 1. The van der Waals surface area contributed by atoms with Crippen molar-refractivity contribution < 1.29 is 28.9 Å². The molecule has 2 atom stereocenters. The molecule has 0 aromatic heterocycles. The predicted octanol–water partition coefficient (Wildman–Crippen LogP) is 1.11. The molecule has 1 aromatic carbocycles. The zero-order valence-electron chi connectivity index (χ0n) is 9.15. The lowest BCUT2D eigenvalue weighted by atomic mass is 9.98. The van der Waals surface area contributed by atoms with Gasteiger partial charge in [0.15, 0.2) is 23.1 Å². The van der Waals surface area contributed by atoms with E-state index < -0.39 is 46.6 Å². The fourth-order valence-corrected chi connectivity index (χ4v) is 2.08. The van der Waals surface area contributed by atoms with Gasteiger partial charge >= 0.3 is 5.97 Å². The highest BCUT2D eigenvalue weighted by atomic mass is 19.1. The fraction of sp³-hybridized carbons (Fsp3) is 0.364. The van der Waals surface area contributed by atoms with Gasteiger partial charge in [-0.2, -0.15) is 0 Å². The summed E-state index contributed by atoms with van der Waals surface area (Å²) in [6.45, 7) is 0.0787. The number of aromatic hydroxyl groups is 2. The maximum absolute atomic E-state index is 13.6. The van der Waals surface area contributed by atoms with E-state index in [-0.39, 0.29) is 13.0 Å². The van der Waals surface area contributed by atoms with E-state index in [9.17, 15) is 23.8 Å². The molecular formula is C11H11F2NO4. The van der Waals surface area contributed by atoms with Crippen LogP contribution < -0.4 is 5.32 Å². The number of aliphatic carboxylic acids is 1. The summed E-state index contributed by atoms with van der Waals surface area (Å²) in [6.07, 6.45) is -0.00787. The minimum Gasteiger partial charge on any atom is -0.505 e. The van der Waals surface area contributed by atoms with Gasteiger partial charge < -0.3 is 20.6 Å². The van der Waals surface area contributed by atoms with Gasteiger partial charge in [-0.1, -0.05) is 0 Å². The smallest absolute Gasteiger partial charge is 0.307 e. The molecule has 1 aromatic rings. The quantitative estimate of drug-likeness (QED) is 0.639. The molecular weight excluding hydrogens is 248 g/mol. The van der Waals surface area contributed by atoms with E-state index in [0.717, 1.165) is 0 Å². The van der Waals surface area contributed by atoms with Gasteiger partial charge in [0.25, 0.3) is 0 Å². The minimum absolute atomic E-state index is 0.00787. The molecule has 0 spiro atoms. The first-order valence-electron chi connectivity index (χ1n) is 5.27. The summed E-state index contributed by atoms with van der Waals surface area (Å²) >= 11 is 0. The molecule has 2 rings (SSSR count). The van der Waals surface area contributed by atoms with Crippen molar-refractivity contribution in [2.45, 2.75) is 12.5 Å². The van der Waals surface area contributed by atoms with E-state index in [2.05, 4.69) is 5.32 Å². The average Bonchev–Trinajstić information content (AvgIpc) is 2.76. The van der Waals surface area contributed by atoms with Crippen LogP contribution in [0.1, 0.15) is 18.0 Å². The largest absolute Gasteiger partial charge is 0.505 e. The van der Waals surface area contributed by atoms with Crippen molar-refractivity contribution in [2.24, 2.45) is 5.92 Å².